The van der Waals surface area contributed by atoms with Gasteiger partial charge in [-0.25, -0.2) is 4.79 Å². The van der Waals surface area contributed by atoms with Gasteiger partial charge in [0.1, 0.15) is 11.3 Å². The smallest absolute Gasteiger partial charge is 0.336 e. The van der Waals surface area contributed by atoms with E-state index in [0.29, 0.717) is 11.3 Å². The molecule has 0 aliphatic carbocycles. The van der Waals surface area contributed by atoms with Gasteiger partial charge < -0.3 is 14.5 Å². The van der Waals surface area contributed by atoms with E-state index in [1.165, 1.54) is 6.07 Å². The van der Waals surface area contributed by atoms with Crippen molar-refractivity contribution in [3.05, 3.63) is 69.6 Å². The van der Waals surface area contributed by atoms with E-state index in [0.717, 1.165) is 34.2 Å². The van der Waals surface area contributed by atoms with Crippen molar-refractivity contribution in [3.63, 3.8) is 0 Å². The number of aryl methyl sites for hydroxylation is 3. The predicted octanol–water partition coefficient (Wildman–Crippen LogP) is 4.38. The Bertz CT molecular complexity index is 1050. The summed E-state index contributed by atoms with van der Waals surface area (Å²) in [5.41, 5.74) is 3.80. The molecule has 27 heavy (non-hydrogen) atoms. The van der Waals surface area contributed by atoms with Gasteiger partial charge in [0.05, 0.1) is 0 Å². The molecular formula is C22H23NO4. The van der Waals surface area contributed by atoms with E-state index in [-0.39, 0.29) is 5.91 Å². The van der Waals surface area contributed by atoms with Gasteiger partial charge in [-0.05, 0) is 56.0 Å². The van der Waals surface area contributed by atoms with Gasteiger partial charge in [0.2, 0.25) is 0 Å². The van der Waals surface area contributed by atoms with Crippen LogP contribution in [0.15, 0.2) is 51.7 Å². The van der Waals surface area contributed by atoms with Gasteiger partial charge in [-0.1, -0.05) is 25.1 Å². The van der Waals surface area contributed by atoms with Crippen LogP contribution in [0.2, 0.25) is 0 Å². The molecule has 1 amide bonds. The summed E-state index contributed by atoms with van der Waals surface area (Å²) < 4.78 is 11.0. The van der Waals surface area contributed by atoms with Crippen LogP contribution in [0.5, 0.6) is 5.75 Å². The van der Waals surface area contributed by atoms with Crippen LogP contribution in [0.4, 0.5) is 5.69 Å². The van der Waals surface area contributed by atoms with Crippen molar-refractivity contribution >= 4 is 22.6 Å². The highest BCUT2D eigenvalue weighted by molar-refractivity contribution is 5.95. The lowest BCUT2D eigenvalue weighted by Crippen LogP contribution is -2.30. The Kier molecular flexibility index (Phi) is 5.31. The van der Waals surface area contributed by atoms with Gasteiger partial charge in [0.25, 0.3) is 5.91 Å². The highest BCUT2D eigenvalue weighted by Gasteiger charge is 2.17. The summed E-state index contributed by atoms with van der Waals surface area (Å²) in [5, 5.41) is 3.81. The number of hydrogen-bond acceptors (Lipinski definition) is 4. The molecule has 5 heteroatoms. The van der Waals surface area contributed by atoms with Gasteiger partial charge >= 0.3 is 5.63 Å². The zero-order valence-corrected chi connectivity index (χ0v) is 16.0. The lowest BCUT2D eigenvalue weighted by atomic mass is 10.1. The van der Waals surface area contributed by atoms with Crippen LogP contribution in [0.1, 0.15) is 30.5 Å². The number of hydrogen-bond donors (Lipinski definition) is 1. The van der Waals surface area contributed by atoms with Crippen molar-refractivity contribution in [2.45, 2.75) is 40.2 Å². The molecule has 0 aliphatic rings. The van der Waals surface area contributed by atoms with E-state index in [1.807, 2.05) is 38.1 Å². The Balaban J connectivity index is 1.79. The number of amides is 1. The summed E-state index contributed by atoms with van der Waals surface area (Å²) in [6, 6.07) is 12.6. The van der Waals surface area contributed by atoms with Crippen LogP contribution >= 0.6 is 0 Å². The molecule has 0 spiro atoms. The fourth-order valence-corrected chi connectivity index (χ4v) is 3.06. The van der Waals surface area contributed by atoms with Crippen molar-refractivity contribution in [2.24, 2.45) is 0 Å². The number of carbonyl (C=O) groups is 1. The van der Waals surface area contributed by atoms with Gasteiger partial charge in [-0.3, -0.25) is 4.79 Å². The molecule has 3 aromatic rings. The van der Waals surface area contributed by atoms with E-state index >= 15 is 0 Å². The third-order valence-electron chi connectivity index (χ3n) is 4.59. The molecule has 1 aromatic heterocycles. The van der Waals surface area contributed by atoms with Gasteiger partial charge in [-0.2, -0.15) is 0 Å². The Hall–Kier alpha value is -3.08. The zero-order chi connectivity index (χ0) is 19.6. The number of benzene rings is 2. The molecule has 1 heterocycles. The first-order valence-corrected chi connectivity index (χ1v) is 8.99. The fourth-order valence-electron chi connectivity index (χ4n) is 3.06. The van der Waals surface area contributed by atoms with E-state index in [4.69, 9.17) is 9.15 Å². The number of carbonyl (C=O) groups excluding carboxylic acids is 1. The molecule has 3 rings (SSSR count). The molecule has 2 aromatic carbocycles. The maximum atomic E-state index is 12.6. The van der Waals surface area contributed by atoms with Crippen molar-refractivity contribution in [1.29, 1.82) is 0 Å². The Labute approximate surface area is 158 Å². The second kappa shape index (κ2) is 7.66. The standard InChI is InChI=1S/C22H23NO4/c1-5-16-8-6-7-13(2)21(16)23-22(25)15(4)26-17-9-10-18-14(3)11-20(24)27-19(18)12-17/h6-12,15H,5H2,1-4H3,(H,23,25). The topological polar surface area (TPSA) is 68.5 Å². The Morgan fingerprint density at radius 3 is 2.67 bits per heavy atom. The third-order valence-corrected chi connectivity index (χ3v) is 4.59. The first kappa shape index (κ1) is 18.7. The van der Waals surface area contributed by atoms with Crippen LogP contribution in [0.3, 0.4) is 0 Å². The maximum Gasteiger partial charge on any atom is 0.336 e. The Morgan fingerprint density at radius 2 is 1.93 bits per heavy atom. The summed E-state index contributed by atoms with van der Waals surface area (Å²) in [4.78, 5) is 24.2. The normalized spacial score (nSPS) is 12.0. The highest BCUT2D eigenvalue weighted by atomic mass is 16.5. The average molecular weight is 365 g/mol. The molecule has 0 fully saturated rings. The molecule has 1 atom stereocenters. The minimum absolute atomic E-state index is 0.232. The number of rotatable bonds is 5. The summed E-state index contributed by atoms with van der Waals surface area (Å²) in [7, 11) is 0. The van der Waals surface area contributed by atoms with E-state index in [1.54, 1.807) is 19.1 Å². The van der Waals surface area contributed by atoms with Crippen LogP contribution < -0.4 is 15.7 Å². The molecule has 5 nitrogen and oxygen atoms in total. The van der Waals surface area contributed by atoms with Crippen molar-refractivity contribution in [2.75, 3.05) is 5.32 Å². The molecule has 1 N–H and O–H groups in total. The SMILES string of the molecule is CCc1cccc(C)c1NC(=O)C(C)Oc1ccc2c(C)cc(=O)oc2c1. The number of anilines is 1. The van der Waals surface area contributed by atoms with Crippen molar-refractivity contribution < 1.29 is 13.9 Å². The summed E-state index contributed by atoms with van der Waals surface area (Å²) >= 11 is 0. The number of para-hydroxylation sites is 1. The summed E-state index contributed by atoms with van der Waals surface area (Å²) in [6.45, 7) is 7.56. The van der Waals surface area contributed by atoms with Gasteiger partial charge in [0.15, 0.2) is 6.10 Å². The molecule has 0 bridgehead atoms. The number of fused-ring (bicyclic) bond motifs is 1. The molecule has 0 radical (unpaired) electrons. The highest BCUT2D eigenvalue weighted by Crippen LogP contribution is 2.24. The van der Waals surface area contributed by atoms with Crippen molar-refractivity contribution in [1.82, 2.24) is 0 Å². The largest absolute Gasteiger partial charge is 0.481 e. The molecule has 0 saturated carbocycles. The molecule has 140 valence electrons. The second-order valence-electron chi connectivity index (χ2n) is 6.62. The third kappa shape index (κ3) is 4.03. The summed E-state index contributed by atoms with van der Waals surface area (Å²) in [5.74, 6) is 0.240. The van der Waals surface area contributed by atoms with Crippen LogP contribution in [0.25, 0.3) is 11.0 Å². The predicted molar refractivity (Wildman–Crippen MR) is 106 cm³/mol. The minimum Gasteiger partial charge on any atom is -0.481 e. The summed E-state index contributed by atoms with van der Waals surface area (Å²) in [6.07, 6.45) is 0.124. The van der Waals surface area contributed by atoms with E-state index in [2.05, 4.69) is 12.2 Å². The quantitative estimate of drug-likeness (QED) is 0.682. The van der Waals surface area contributed by atoms with Crippen LogP contribution in [-0.4, -0.2) is 12.0 Å². The van der Waals surface area contributed by atoms with Crippen LogP contribution in [0, 0.1) is 13.8 Å². The van der Waals surface area contributed by atoms with Crippen LogP contribution in [-0.2, 0) is 11.2 Å². The molecule has 1 unspecified atom stereocenters. The Morgan fingerprint density at radius 1 is 1.15 bits per heavy atom. The lowest BCUT2D eigenvalue weighted by molar-refractivity contribution is -0.122. The van der Waals surface area contributed by atoms with Gasteiger partial charge in [-0.15, -0.1) is 0 Å². The molecule has 0 aliphatic heterocycles. The zero-order valence-electron chi connectivity index (χ0n) is 16.0. The van der Waals surface area contributed by atoms with Gasteiger partial charge in [0, 0.05) is 23.2 Å². The fraction of sp³-hybridized carbons (Fsp3) is 0.273. The lowest BCUT2D eigenvalue weighted by Gasteiger charge is -2.18. The number of ether oxygens (including phenoxy) is 1. The first-order chi connectivity index (χ1) is 12.9. The first-order valence-electron chi connectivity index (χ1n) is 8.99. The molecule has 0 saturated heterocycles. The average Bonchev–Trinajstić information content (AvgIpc) is 2.62. The number of nitrogens with one attached hydrogen (secondary N) is 1. The monoisotopic (exact) mass is 365 g/mol. The minimum atomic E-state index is -0.705. The van der Waals surface area contributed by atoms with E-state index in [9.17, 15) is 9.59 Å². The van der Waals surface area contributed by atoms with E-state index < -0.39 is 11.7 Å². The van der Waals surface area contributed by atoms with Crippen molar-refractivity contribution in [3.8, 4) is 5.75 Å². The second-order valence-corrected chi connectivity index (χ2v) is 6.62. The maximum absolute atomic E-state index is 12.6. The molecular weight excluding hydrogens is 342 g/mol.